The minimum Gasteiger partial charge on any atom is -0.364 e. The molecule has 1 aliphatic heterocycles. The zero-order chi connectivity index (χ0) is 16.8. The normalized spacial score (nSPS) is 13.4. The highest BCUT2D eigenvalue weighted by Crippen LogP contribution is 2.32. The molecular weight excluding hydrogens is 296 g/mol. The third kappa shape index (κ3) is 3.73. The number of fused-ring (bicyclic) bond motifs is 1. The first-order chi connectivity index (χ1) is 11.8. The number of rotatable bonds is 7. The number of anilines is 1. The molecule has 3 rings (SSSR count). The van der Waals surface area contributed by atoms with Crippen molar-refractivity contribution in [1.29, 1.82) is 0 Å². The van der Waals surface area contributed by atoms with Crippen LogP contribution in [0.15, 0.2) is 59.6 Å². The Labute approximate surface area is 144 Å². The highest BCUT2D eigenvalue weighted by atomic mass is 16.1. The molecule has 0 unspecified atom stereocenters. The van der Waals surface area contributed by atoms with Crippen LogP contribution >= 0.6 is 0 Å². The van der Waals surface area contributed by atoms with Gasteiger partial charge in [0.25, 0.3) is 0 Å². The van der Waals surface area contributed by atoms with Crippen LogP contribution in [-0.4, -0.2) is 24.6 Å². The van der Waals surface area contributed by atoms with Crippen LogP contribution in [0.3, 0.4) is 0 Å². The summed E-state index contributed by atoms with van der Waals surface area (Å²) >= 11 is 0. The molecule has 1 aliphatic rings. The Hall–Kier alpha value is -2.42. The molecule has 124 valence electrons. The van der Waals surface area contributed by atoms with Crippen LogP contribution in [0.2, 0.25) is 0 Å². The minimum atomic E-state index is 0.0312. The van der Waals surface area contributed by atoms with E-state index in [2.05, 4.69) is 22.9 Å². The fraction of sp³-hybridized carbons (Fsp3) is 0.333. The van der Waals surface area contributed by atoms with E-state index in [4.69, 9.17) is 0 Å². The maximum Gasteiger partial charge on any atom is 0.209 e. The molecule has 24 heavy (non-hydrogen) atoms. The van der Waals surface area contributed by atoms with Gasteiger partial charge < -0.3 is 4.90 Å². The molecule has 0 aromatic heterocycles. The number of benzene rings is 2. The number of nitrogens with zero attached hydrogens (tertiary/aromatic N) is 2. The fourth-order valence-corrected chi connectivity index (χ4v) is 3.08. The second-order valence-corrected chi connectivity index (χ2v) is 6.22. The Morgan fingerprint density at radius 2 is 1.75 bits per heavy atom. The van der Waals surface area contributed by atoms with E-state index in [0.29, 0.717) is 17.8 Å². The Morgan fingerprint density at radius 3 is 2.54 bits per heavy atom. The van der Waals surface area contributed by atoms with Crippen LogP contribution in [0.5, 0.6) is 0 Å². The fourth-order valence-electron chi connectivity index (χ4n) is 3.08. The number of unbranched alkanes of at least 4 members (excludes halogenated alkanes) is 3. The van der Waals surface area contributed by atoms with Crippen LogP contribution in [-0.2, 0) is 0 Å². The average molecular weight is 320 g/mol. The van der Waals surface area contributed by atoms with E-state index in [-0.39, 0.29) is 5.78 Å². The molecule has 1 heterocycles. The lowest BCUT2D eigenvalue weighted by molar-refractivity contribution is 0.106. The first-order valence-electron chi connectivity index (χ1n) is 8.81. The number of carbonyl (C=O) groups is 1. The number of carbonyl (C=O) groups excluding carboxylic acids is 1. The van der Waals surface area contributed by atoms with Crippen LogP contribution in [0.1, 0.15) is 43.0 Å². The van der Waals surface area contributed by atoms with Crippen LogP contribution in [0, 0.1) is 0 Å². The Balaban J connectivity index is 1.82. The second-order valence-electron chi connectivity index (χ2n) is 6.22. The maximum atomic E-state index is 12.8. The van der Waals surface area contributed by atoms with Crippen LogP contribution in [0.4, 0.5) is 11.4 Å². The van der Waals surface area contributed by atoms with Crippen molar-refractivity contribution in [3.05, 3.63) is 60.2 Å². The molecule has 0 amide bonds. The van der Waals surface area contributed by atoms with Crippen molar-refractivity contribution in [2.45, 2.75) is 32.6 Å². The van der Waals surface area contributed by atoms with Crippen molar-refractivity contribution in [1.82, 2.24) is 0 Å². The molecule has 0 radical (unpaired) electrons. The Bertz CT molecular complexity index is 722. The molecule has 0 aliphatic carbocycles. The minimum absolute atomic E-state index is 0.0312. The highest BCUT2D eigenvalue weighted by Gasteiger charge is 2.23. The van der Waals surface area contributed by atoms with E-state index in [0.717, 1.165) is 24.3 Å². The lowest BCUT2D eigenvalue weighted by atomic mass is 10.0. The maximum absolute atomic E-state index is 12.8. The SMILES string of the molecule is CCCCCCN1CC(C(=O)c2ccccc2)=Nc2ccccc21. The second kappa shape index (κ2) is 7.91. The Kier molecular flexibility index (Phi) is 5.42. The van der Waals surface area contributed by atoms with E-state index >= 15 is 0 Å². The summed E-state index contributed by atoms with van der Waals surface area (Å²) in [6.07, 6.45) is 4.87. The summed E-state index contributed by atoms with van der Waals surface area (Å²) in [5, 5.41) is 0. The molecule has 3 heteroatoms. The van der Waals surface area contributed by atoms with Gasteiger partial charge in [-0.25, -0.2) is 4.99 Å². The van der Waals surface area contributed by atoms with Crippen molar-refractivity contribution in [2.24, 2.45) is 4.99 Å². The van der Waals surface area contributed by atoms with Gasteiger partial charge in [0.05, 0.1) is 17.9 Å². The van der Waals surface area contributed by atoms with E-state index in [9.17, 15) is 4.79 Å². The molecule has 0 fully saturated rings. The van der Waals surface area contributed by atoms with E-state index < -0.39 is 0 Å². The predicted molar refractivity (Wildman–Crippen MR) is 101 cm³/mol. The molecule has 0 spiro atoms. The van der Waals surface area contributed by atoms with Gasteiger partial charge >= 0.3 is 0 Å². The molecule has 2 aromatic carbocycles. The van der Waals surface area contributed by atoms with Crippen molar-refractivity contribution < 1.29 is 4.79 Å². The monoisotopic (exact) mass is 320 g/mol. The molecular formula is C21H24N2O. The number of aliphatic imine (C=N–C) groups is 1. The van der Waals surface area contributed by atoms with Gasteiger partial charge in [-0.3, -0.25) is 4.79 Å². The van der Waals surface area contributed by atoms with Gasteiger partial charge in [0.2, 0.25) is 5.78 Å². The lowest BCUT2D eigenvalue weighted by Gasteiger charge is -2.30. The number of hydrogen-bond donors (Lipinski definition) is 0. The zero-order valence-corrected chi connectivity index (χ0v) is 14.2. The summed E-state index contributed by atoms with van der Waals surface area (Å²) in [6, 6.07) is 17.5. The number of ketones is 1. The van der Waals surface area contributed by atoms with Gasteiger partial charge in [0.1, 0.15) is 5.71 Å². The van der Waals surface area contributed by atoms with Gasteiger partial charge in [0.15, 0.2) is 0 Å². The standard InChI is InChI=1S/C21H24N2O/c1-2-3-4-10-15-23-16-19(21(24)17-11-6-5-7-12-17)22-18-13-8-9-14-20(18)23/h5-9,11-14H,2-4,10,15-16H2,1H3. The van der Waals surface area contributed by atoms with Gasteiger partial charge in [-0.2, -0.15) is 0 Å². The summed E-state index contributed by atoms with van der Waals surface area (Å²) in [7, 11) is 0. The van der Waals surface area contributed by atoms with Gasteiger partial charge in [-0.05, 0) is 18.6 Å². The van der Waals surface area contributed by atoms with Gasteiger partial charge in [-0.15, -0.1) is 0 Å². The summed E-state index contributed by atoms with van der Waals surface area (Å²) in [5.41, 5.74) is 3.38. The summed E-state index contributed by atoms with van der Waals surface area (Å²) in [6.45, 7) is 3.79. The average Bonchev–Trinajstić information content (AvgIpc) is 2.65. The topological polar surface area (TPSA) is 32.7 Å². The zero-order valence-electron chi connectivity index (χ0n) is 14.2. The van der Waals surface area contributed by atoms with E-state index in [1.807, 2.05) is 48.5 Å². The number of para-hydroxylation sites is 2. The molecule has 2 aromatic rings. The molecule has 0 saturated heterocycles. The van der Waals surface area contributed by atoms with Crippen molar-refractivity contribution in [2.75, 3.05) is 18.0 Å². The first-order valence-corrected chi connectivity index (χ1v) is 8.81. The molecule has 0 N–H and O–H groups in total. The van der Waals surface area contributed by atoms with Crippen molar-refractivity contribution in [3.63, 3.8) is 0 Å². The summed E-state index contributed by atoms with van der Waals surface area (Å²) < 4.78 is 0. The predicted octanol–water partition coefficient (Wildman–Crippen LogP) is 5.04. The quantitative estimate of drug-likeness (QED) is 0.529. The Morgan fingerprint density at radius 1 is 1.00 bits per heavy atom. The number of Topliss-reactive ketones (excluding diaryl/α,β-unsaturated/α-hetero) is 1. The van der Waals surface area contributed by atoms with Crippen molar-refractivity contribution >= 4 is 22.9 Å². The third-order valence-corrected chi connectivity index (χ3v) is 4.40. The molecule has 0 bridgehead atoms. The largest absolute Gasteiger partial charge is 0.364 e. The van der Waals surface area contributed by atoms with E-state index in [1.54, 1.807) is 0 Å². The van der Waals surface area contributed by atoms with Crippen LogP contribution in [0.25, 0.3) is 0 Å². The van der Waals surface area contributed by atoms with Crippen molar-refractivity contribution in [3.8, 4) is 0 Å². The molecule has 3 nitrogen and oxygen atoms in total. The highest BCUT2D eigenvalue weighted by molar-refractivity contribution is 6.48. The first kappa shape index (κ1) is 16.4. The smallest absolute Gasteiger partial charge is 0.209 e. The number of hydrogen-bond acceptors (Lipinski definition) is 3. The molecule has 0 atom stereocenters. The molecule has 0 saturated carbocycles. The third-order valence-electron chi connectivity index (χ3n) is 4.40. The summed E-state index contributed by atoms with van der Waals surface area (Å²) in [5.74, 6) is 0.0312. The van der Waals surface area contributed by atoms with E-state index in [1.165, 1.54) is 19.3 Å². The lowest BCUT2D eigenvalue weighted by Crippen LogP contribution is -2.36. The summed E-state index contributed by atoms with van der Waals surface area (Å²) in [4.78, 5) is 19.7. The van der Waals surface area contributed by atoms with Gasteiger partial charge in [0, 0.05) is 12.1 Å². The van der Waals surface area contributed by atoms with Gasteiger partial charge in [-0.1, -0.05) is 68.7 Å². The van der Waals surface area contributed by atoms with Crippen LogP contribution < -0.4 is 4.90 Å².